The fraction of sp³-hybridized carbons (Fsp3) is 0.368. The second-order valence-electron chi connectivity index (χ2n) is 6.40. The topological polar surface area (TPSA) is 57.8 Å². The first kappa shape index (κ1) is 16.7. The molecule has 2 N–H and O–H groups in total. The van der Waals surface area contributed by atoms with Crippen molar-refractivity contribution in [2.75, 3.05) is 0 Å². The number of carbonyl (C=O) groups excluding carboxylic acids is 1. The third-order valence-corrected chi connectivity index (χ3v) is 5.34. The zero-order valence-electron chi connectivity index (χ0n) is 14.6. The Morgan fingerprint density at radius 2 is 2.12 bits per heavy atom. The summed E-state index contributed by atoms with van der Waals surface area (Å²) in [4.78, 5) is 21.1. The molecule has 3 aromatic rings. The number of aromatic amines is 1. The minimum Gasteiger partial charge on any atom is -0.361 e. The molecule has 0 saturated carbocycles. The van der Waals surface area contributed by atoms with E-state index in [1.165, 1.54) is 22.0 Å². The van der Waals surface area contributed by atoms with Gasteiger partial charge in [-0.25, -0.2) is 4.98 Å². The molecule has 0 fully saturated rings. The molecule has 2 aromatic heterocycles. The summed E-state index contributed by atoms with van der Waals surface area (Å²) < 4.78 is 0. The third kappa shape index (κ3) is 3.51. The van der Waals surface area contributed by atoms with Gasteiger partial charge in [0.05, 0.1) is 17.1 Å². The number of rotatable bonds is 5. The molecule has 2 heterocycles. The standard InChI is InChI=1S/C19H23N3OS/c1-11-6-5-7-16-15(10-20-19(11)16)8-12(2)21-18(23)9-17-13(3)22-14(4)24-17/h5-7,10,12,20H,8-9H2,1-4H3,(H,21,23). The van der Waals surface area contributed by atoms with Gasteiger partial charge in [0.1, 0.15) is 0 Å². The van der Waals surface area contributed by atoms with E-state index < -0.39 is 0 Å². The first-order valence-corrected chi connectivity index (χ1v) is 9.03. The number of carbonyl (C=O) groups is 1. The summed E-state index contributed by atoms with van der Waals surface area (Å²) in [5.74, 6) is 0.0604. The van der Waals surface area contributed by atoms with Crippen molar-refractivity contribution in [3.8, 4) is 0 Å². The van der Waals surface area contributed by atoms with Crippen LogP contribution in [0.1, 0.15) is 33.6 Å². The second-order valence-corrected chi connectivity index (χ2v) is 7.69. The number of hydrogen-bond donors (Lipinski definition) is 2. The number of hydrogen-bond acceptors (Lipinski definition) is 3. The number of aryl methyl sites for hydroxylation is 3. The van der Waals surface area contributed by atoms with Crippen LogP contribution < -0.4 is 5.32 Å². The first-order valence-electron chi connectivity index (χ1n) is 8.22. The van der Waals surface area contributed by atoms with Crippen LogP contribution in [-0.4, -0.2) is 21.9 Å². The third-order valence-electron chi connectivity index (χ3n) is 4.26. The first-order chi connectivity index (χ1) is 11.4. The highest BCUT2D eigenvalue weighted by molar-refractivity contribution is 7.11. The van der Waals surface area contributed by atoms with E-state index in [0.29, 0.717) is 6.42 Å². The average molecular weight is 341 g/mol. The Bertz CT molecular complexity index is 878. The zero-order valence-corrected chi connectivity index (χ0v) is 15.4. The molecule has 24 heavy (non-hydrogen) atoms. The highest BCUT2D eigenvalue weighted by Crippen LogP contribution is 2.22. The summed E-state index contributed by atoms with van der Waals surface area (Å²) in [6.45, 7) is 8.09. The zero-order chi connectivity index (χ0) is 17.3. The van der Waals surface area contributed by atoms with Crippen molar-refractivity contribution in [1.29, 1.82) is 0 Å². The van der Waals surface area contributed by atoms with E-state index in [-0.39, 0.29) is 11.9 Å². The Morgan fingerprint density at radius 1 is 1.33 bits per heavy atom. The monoisotopic (exact) mass is 341 g/mol. The van der Waals surface area contributed by atoms with Gasteiger partial charge in [0.25, 0.3) is 0 Å². The smallest absolute Gasteiger partial charge is 0.225 e. The molecule has 4 nitrogen and oxygen atoms in total. The van der Waals surface area contributed by atoms with E-state index >= 15 is 0 Å². The number of benzene rings is 1. The van der Waals surface area contributed by atoms with Gasteiger partial charge in [-0.3, -0.25) is 4.79 Å². The number of para-hydroxylation sites is 1. The molecule has 0 aliphatic carbocycles. The van der Waals surface area contributed by atoms with E-state index in [9.17, 15) is 4.79 Å². The number of aromatic nitrogens is 2. The van der Waals surface area contributed by atoms with Crippen molar-refractivity contribution in [2.45, 2.75) is 46.6 Å². The Hall–Kier alpha value is -2.14. The minimum atomic E-state index is 0.0604. The van der Waals surface area contributed by atoms with Crippen LogP contribution in [0.25, 0.3) is 10.9 Å². The molecule has 1 unspecified atom stereocenters. The quantitative estimate of drug-likeness (QED) is 0.741. The fourth-order valence-electron chi connectivity index (χ4n) is 3.12. The molecule has 1 atom stereocenters. The number of nitrogens with zero attached hydrogens (tertiary/aromatic N) is 1. The molecule has 126 valence electrons. The van der Waals surface area contributed by atoms with E-state index in [4.69, 9.17) is 0 Å². The highest BCUT2D eigenvalue weighted by atomic mass is 32.1. The van der Waals surface area contributed by atoms with E-state index in [1.807, 2.05) is 13.8 Å². The molecular formula is C19H23N3OS. The molecule has 1 aromatic carbocycles. The number of fused-ring (bicyclic) bond motifs is 1. The lowest BCUT2D eigenvalue weighted by molar-refractivity contribution is -0.121. The van der Waals surface area contributed by atoms with Crippen molar-refractivity contribution in [3.05, 3.63) is 51.1 Å². The Kier molecular flexibility index (Phi) is 4.71. The summed E-state index contributed by atoms with van der Waals surface area (Å²) in [5, 5.41) is 5.36. The van der Waals surface area contributed by atoms with Gasteiger partial charge in [-0.15, -0.1) is 11.3 Å². The van der Waals surface area contributed by atoms with Crippen molar-refractivity contribution >= 4 is 28.1 Å². The summed E-state index contributed by atoms with van der Waals surface area (Å²) in [7, 11) is 0. The van der Waals surface area contributed by atoms with Crippen LogP contribution in [0.2, 0.25) is 0 Å². The van der Waals surface area contributed by atoms with Gasteiger partial charge in [-0.2, -0.15) is 0 Å². The van der Waals surface area contributed by atoms with Crippen molar-refractivity contribution < 1.29 is 4.79 Å². The normalized spacial score (nSPS) is 12.5. The molecule has 0 aliphatic rings. The van der Waals surface area contributed by atoms with Crippen molar-refractivity contribution in [2.24, 2.45) is 0 Å². The number of amides is 1. The highest BCUT2D eigenvalue weighted by Gasteiger charge is 2.14. The maximum absolute atomic E-state index is 12.3. The van der Waals surface area contributed by atoms with Crippen LogP contribution in [0, 0.1) is 20.8 Å². The van der Waals surface area contributed by atoms with Gasteiger partial charge in [-0.1, -0.05) is 18.2 Å². The Morgan fingerprint density at radius 3 is 2.83 bits per heavy atom. The number of H-pyrrole nitrogens is 1. The molecule has 0 saturated heterocycles. The molecule has 3 rings (SSSR count). The van der Waals surface area contributed by atoms with Crippen LogP contribution in [0.5, 0.6) is 0 Å². The summed E-state index contributed by atoms with van der Waals surface area (Å²) in [6, 6.07) is 6.40. The fourth-order valence-corrected chi connectivity index (χ4v) is 4.06. The summed E-state index contributed by atoms with van der Waals surface area (Å²) in [6.07, 6.45) is 3.28. The maximum atomic E-state index is 12.3. The van der Waals surface area contributed by atoms with Crippen LogP contribution in [0.15, 0.2) is 24.4 Å². The molecule has 5 heteroatoms. The van der Waals surface area contributed by atoms with Gasteiger partial charge in [0.2, 0.25) is 5.91 Å². The van der Waals surface area contributed by atoms with Gasteiger partial charge in [0.15, 0.2) is 0 Å². The van der Waals surface area contributed by atoms with Gasteiger partial charge >= 0.3 is 0 Å². The molecule has 0 spiro atoms. The van der Waals surface area contributed by atoms with Gasteiger partial charge in [-0.05, 0) is 45.2 Å². The SMILES string of the molecule is Cc1nc(C)c(CC(=O)NC(C)Cc2c[nH]c3c(C)cccc23)s1. The van der Waals surface area contributed by atoms with E-state index in [0.717, 1.165) is 22.0 Å². The number of thiazole rings is 1. The predicted molar refractivity (Wildman–Crippen MR) is 99.6 cm³/mol. The molecular weight excluding hydrogens is 318 g/mol. The second kappa shape index (κ2) is 6.77. The molecule has 0 radical (unpaired) electrons. The summed E-state index contributed by atoms with van der Waals surface area (Å²) >= 11 is 1.60. The van der Waals surface area contributed by atoms with Crippen LogP contribution in [0.3, 0.4) is 0 Å². The van der Waals surface area contributed by atoms with Crippen molar-refractivity contribution in [1.82, 2.24) is 15.3 Å². The largest absolute Gasteiger partial charge is 0.361 e. The lowest BCUT2D eigenvalue weighted by Gasteiger charge is -2.13. The van der Waals surface area contributed by atoms with E-state index in [1.54, 1.807) is 11.3 Å². The lowest BCUT2D eigenvalue weighted by Crippen LogP contribution is -2.35. The van der Waals surface area contributed by atoms with Crippen LogP contribution in [-0.2, 0) is 17.6 Å². The molecule has 1 amide bonds. The Balaban J connectivity index is 1.64. The molecule has 0 aliphatic heterocycles. The molecule has 0 bridgehead atoms. The van der Waals surface area contributed by atoms with Gasteiger partial charge in [0, 0.05) is 28.0 Å². The van der Waals surface area contributed by atoms with Crippen LogP contribution in [0.4, 0.5) is 0 Å². The number of nitrogens with one attached hydrogen (secondary N) is 2. The maximum Gasteiger partial charge on any atom is 0.225 e. The average Bonchev–Trinajstić information content (AvgIpc) is 3.04. The lowest BCUT2D eigenvalue weighted by atomic mass is 10.0. The van der Waals surface area contributed by atoms with Crippen molar-refractivity contribution in [3.63, 3.8) is 0 Å². The van der Waals surface area contributed by atoms with Crippen LogP contribution >= 0.6 is 11.3 Å². The Labute approximate surface area is 146 Å². The summed E-state index contributed by atoms with van der Waals surface area (Å²) in [5.41, 5.74) is 4.63. The van der Waals surface area contributed by atoms with Gasteiger partial charge < -0.3 is 10.3 Å². The minimum absolute atomic E-state index is 0.0604. The van der Waals surface area contributed by atoms with E-state index in [2.05, 4.69) is 53.5 Å². The predicted octanol–water partition coefficient (Wildman–Crippen LogP) is 3.84.